The molecule has 0 aliphatic carbocycles. The van der Waals surface area contributed by atoms with Gasteiger partial charge in [0.25, 0.3) is 0 Å². The first-order valence-electron chi connectivity index (χ1n) is 5.35. The summed E-state index contributed by atoms with van der Waals surface area (Å²) in [6.07, 6.45) is 7.45. The largest absolute Gasteiger partial charge is 0.299 e. The number of carbonyl (C=O) groups excluding carboxylic acids is 1. The van der Waals surface area contributed by atoms with Crippen LogP contribution in [0, 0.1) is 5.92 Å². The van der Waals surface area contributed by atoms with E-state index in [1.54, 1.807) is 6.08 Å². The molecule has 1 atom stereocenters. The molecule has 0 spiro atoms. The third-order valence-electron chi connectivity index (χ3n) is 2.30. The Morgan fingerprint density at radius 3 is 2.50 bits per heavy atom. The zero-order chi connectivity index (χ0) is 11.0. The molecule has 0 rings (SSSR count). The van der Waals surface area contributed by atoms with Gasteiger partial charge in [0.05, 0.1) is 0 Å². The molecule has 14 heavy (non-hydrogen) atoms. The Morgan fingerprint density at radius 1 is 1.36 bits per heavy atom. The van der Waals surface area contributed by atoms with Crippen molar-refractivity contribution in [2.75, 3.05) is 0 Å². The minimum atomic E-state index is 0.200. The predicted octanol–water partition coefficient (Wildman–Crippen LogP) is 3.90. The average molecular weight is 194 g/mol. The van der Waals surface area contributed by atoms with Crippen LogP contribution in [0.25, 0.3) is 0 Å². The summed E-state index contributed by atoms with van der Waals surface area (Å²) in [4.78, 5) is 11.5. The van der Waals surface area contributed by atoms with Crippen LogP contribution in [-0.2, 0) is 4.79 Å². The second-order valence-corrected chi connectivity index (χ2v) is 4.05. The van der Waals surface area contributed by atoms with Crippen LogP contribution in [0.3, 0.4) is 0 Å². The molecule has 0 amide bonds. The van der Waals surface area contributed by atoms with Crippen LogP contribution >= 0.6 is 0 Å². The highest BCUT2D eigenvalue weighted by molar-refractivity contribution is 5.80. The maximum absolute atomic E-state index is 11.5. The van der Waals surface area contributed by atoms with Crippen molar-refractivity contribution in [2.24, 2.45) is 5.92 Å². The van der Waals surface area contributed by atoms with Crippen LogP contribution in [0.1, 0.15) is 46.5 Å². The van der Waals surface area contributed by atoms with E-state index < -0.39 is 0 Å². The summed E-state index contributed by atoms with van der Waals surface area (Å²) >= 11 is 0. The van der Waals surface area contributed by atoms with Crippen molar-refractivity contribution in [1.82, 2.24) is 0 Å². The van der Waals surface area contributed by atoms with Crippen LogP contribution in [0.2, 0.25) is 0 Å². The molecule has 0 bridgehead atoms. The van der Waals surface area contributed by atoms with Gasteiger partial charge in [0.2, 0.25) is 0 Å². The highest BCUT2D eigenvalue weighted by atomic mass is 16.1. The molecular weight excluding hydrogens is 172 g/mol. The minimum Gasteiger partial charge on any atom is -0.299 e. The number of carbonyl (C=O) groups is 1. The summed E-state index contributed by atoms with van der Waals surface area (Å²) in [5.74, 6) is 0.567. The number of allylic oxidation sites excluding steroid dienone is 3. The SMILES string of the molecule is C=CCCC(=O)C(C)CCC=C(C)C. The van der Waals surface area contributed by atoms with Crippen LogP contribution in [0.15, 0.2) is 24.3 Å². The van der Waals surface area contributed by atoms with Gasteiger partial charge in [0, 0.05) is 12.3 Å². The maximum Gasteiger partial charge on any atom is 0.136 e. The van der Waals surface area contributed by atoms with E-state index in [0.717, 1.165) is 19.3 Å². The van der Waals surface area contributed by atoms with E-state index in [-0.39, 0.29) is 5.92 Å². The van der Waals surface area contributed by atoms with E-state index in [1.807, 2.05) is 6.92 Å². The summed E-state index contributed by atoms with van der Waals surface area (Å²) in [6.45, 7) is 9.81. The Labute approximate surface area is 87.9 Å². The molecule has 0 saturated carbocycles. The van der Waals surface area contributed by atoms with Gasteiger partial charge in [-0.1, -0.05) is 24.6 Å². The molecule has 0 aliphatic heterocycles. The molecule has 0 saturated heterocycles. The molecule has 1 heteroatoms. The van der Waals surface area contributed by atoms with Crippen molar-refractivity contribution in [2.45, 2.75) is 46.5 Å². The fourth-order valence-corrected chi connectivity index (χ4v) is 1.27. The second-order valence-electron chi connectivity index (χ2n) is 4.05. The van der Waals surface area contributed by atoms with Crippen molar-refractivity contribution in [3.05, 3.63) is 24.3 Å². The van der Waals surface area contributed by atoms with Crippen LogP contribution in [-0.4, -0.2) is 5.78 Å². The zero-order valence-corrected chi connectivity index (χ0v) is 9.68. The monoisotopic (exact) mass is 194 g/mol. The third kappa shape index (κ3) is 6.64. The van der Waals surface area contributed by atoms with Gasteiger partial charge in [-0.15, -0.1) is 6.58 Å². The summed E-state index contributed by atoms with van der Waals surface area (Å²) in [6, 6.07) is 0. The van der Waals surface area contributed by atoms with Crippen molar-refractivity contribution < 1.29 is 4.79 Å². The molecular formula is C13H22O. The van der Waals surface area contributed by atoms with Crippen molar-refractivity contribution in [1.29, 1.82) is 0 Å². The van der Waals surface area contributed by atoms with Gasteiger partial charge in [-0.2, -0.15) is 0 Å². The number of ketones is 1. The Hall–Kier alpha value is -0.850. The average Bonchev–Trinajstić information content (AvgIpc) is 2.13. The topological polar surface area (TPSA) is 17.1 Å². The first kappa shape index (κ1) is 13.2. The molecule has 0 aromatic heterocycles. The quantitative estimate of drug-likeness (QED) is 0.562. The van der Waals surface area contributed by atoms with Gasteiger partial charge >= 0.3 is 0 Å². The fraction of sp³-hybridized carbons (Fsp3) is 0.615. The maximum atomic E-state index is 11.5. The van der Waals surface area contributed by atoms with E-state index >= 15 is 0 Å². The Kier molecular flexibility index (Phi) is 7.09. The highest BCUT2D eigenvalue weighted by Gasteiger charge is 2.10. The standard InChI is InChI=1S/C13H22O/c1-5-6-10-13(14)12(4)9-7-8-11(2)3/h5,8,12H,1,6-7,9-10H2,2-4H3. The highest BCUT2D eigenvalue weighted by Crippen LogP contribution is 2.11. The lowest BCUT2D eigenvalue weighted by molar-refractivity contribution is -0.122. The number of hydrogen-bond acceptors (Lipinski definition) is 1. The van der Waals surface area contributed by atoms with Crippen molar-refractivity contribution in [3.8, 4) is 0 Å². The van der Waals surface area contributed by atoms with Crippen LogP contribution in [0.5, 0.6) is 0 Å². The first-order chi connectivity index (χ1) is 6.57. The molecule has 0 aliphatic rings. The van der Waals surface area contributed by atoms with Crippen molar-refractivity contribution in [3.63, 3.8) is 0 Å². The van der Waals surface area contributed by atoms with Gasteiger partial charge in [0.1, 0.15) is 5.78 Å². The lowest BCUT2D eigenvalue weighted by Gasteiger charge is -2.07. The normalized spacial score (nSPS) is 11.9. The molecule has 0 radical (unpaired) electrons. The molecule has 0 fully saturated rings. The molecule has 1 nitrogen and oxygen atoms in total. The smallest absolute Gasteiger partial charge is 0.136 e. The van der Waals surface area contributed by atoms with E-state index in [4.69, 9.17) is 0 Å². The van der Waals surface area contributed by atoms with E-state index in [1.165, 1.54) is 5.57 Å². The molecule has 0 N–H and O–H groups in total. The summed E-state index contributed by atoms with van der Waals surface area (Å²) in [5, 5.41) is 0. The molecule has 0 heterocycles. The summed E-state index contributed by atoms with van der Waals surface area (Å²) in [5.41, 5.74) is 1.33. The Morgan fingerprint density at radius 2 is 2.00 bits per heavy atom. The van der Waals surface area contributed by atoms with Crippen LogP contribution in [0.4, 0.5) is 0 Å². The van der Waals surface area contributed by atoms with Gasteiger partial charge < -0.3 is 0 Å². The van der Waals surface area contributed by atoms with Gasteiger partial charge in [0.15, 0.2) is 0 Å². The van der Waals surface area contributed by atoms with E-state index in [9.17, 15) is 4.79 Å². The predicted molar refractivity (Wildman–Crippen MR) is 62.3 cm³/mol. The summed E-state index contributed by atoms with van der Waals surface area (Å²) in [7, 11) is 0. The Balaban J connectivity index is 3.72. The minimum absolute atomic E-state index is 0.200. The van der Waals surface area contributed by atoms with Crippen molar-refractivity contribution >= 4 is 5.78 Å². The molecule has 1 unspecified atom stereocenters. The lowest BCUT2D eigenvalue weighted by atomic mass is 9.97. The first-order valence-corrected chi connectivity index (χ1v) is 5.35. The van der Waals surface area contributed by atoms with Crippen LogP contribution < -0.4 is 0 Å². The van der Waals surface area contributed by atoms with E-state index in [2.05, 4.69) is 26.5 Å². The summed E-state index contributed by atoms with van der Waals surface area (Å²) < 4.78 is 0. The number of rotatable bonds is 7. The third-order valence-corrected chi connectivity index (χ3v) is 2.30. The van der Waals surface area contributed by atoms with Gasteiger partial charge in [-0.3, -0.25) is 4.79 Å². The number of hydrogen-bond donors (Lipinski definition) is 0. The molecule has 80 valence electrons. The van der Waals surface area contributed by atoms with Gasteiger partial charge in [-0.05, 0) is 33.1 Å². The Bertz CT molecular complexity index is 209. The van der Waals surface area contributed by atoms with Gasteiger partial charge in [-0.25, -0.2) is 0 Å². The zero-order valence-electron chi connectivity index (χ0n) is 9.68. The second kappa shape index (κ2) is 7.54. The molecule has 0 aromatic rings. The number of Topliss-reactive ketones (excluding diaryl/α,β-unsaturated/α-hetero) is 1. The molecule has 0 aromatic carbocycles. The van der Waals surface area contributed by atoms with E-state index in [0.29, 0.717) is 12.2 Å². The lowest BCUT2D eigenvalue weighted by Crippen LogP contribution is -2.09. The fourth-order valence-electron chi connectivity index (χ4n) is 1.27.